The standard InChI is InChI=1S/C21H22N2O2/c1-15(24)19-8-7-16(14-22)13-20(19)23-11-9-18(10-12-23)21(25)17-5-3-2-4-6-17/h2-8,13,18,21,25H,9-12H2,1H3. The second-order valence-electron chi connectivity index (χ2n) is 6.58. The molecule has 1 N–H and O–H groups in total. The van der Waals surface area contributed by atoms with E-state index in [0.29, 0.717) is 11.1 Å². The molecule has 2 aromatic rings. The van der Waals surface area contributed by atoms with Crippen LogP contribution in [0.4, 0.5) is 5.69 Å². The van der Waals surface area contributed by atoms with E-state index in [1.807, 2.05) is 30.3 Å². The van der Waals surface area contributed by atoms with Gasteiger partial charge in [-0.05, 0) is 49.4 Å². The van der Waals surface area contributed by atoms with Crippen LogP contribution in [-0.2, 0) is 0 Å². The summed E-state index contributed by atoms with van der Waals surface area (Å²) in [6, 6.07) is 17.1. The van der Waals surface area contributed by atoms with Crippen LogP contribution >= 0.6 is 0 Å². The zero-order valence-electron chi connectivity index (χ0n) is 14.4. The molecule has 1 aliphatic rings. The lowest BCUT2D eigenvalue weighted by Gasteiger charge is -2.36. The van der Waals surface area contributed by atoms with Crippen LogP contribution < -0.4 is 4.90 Å². The Labute approximate surface area is 148 Å². The molecular weight excluding hydrogens is 312 g/mol. The largest absolute Gasteiger partial charge is 0.388 e. The van der Waals surface area contributed by atoms with E-state index in [1.165, 1.54) is 0 Å². The van der Waals surface area contributed by atoms with E-state index < -0.39 is 6.10 Å². The molecule has 0 spiro atoms. The molecule has 1 heterocycles. The molecule has 4 heteroatoms. The summed E-state index contributed by atoms with van der Waals surface area (Å²) in [4.78, 5) is 14.1. The number of Topliss-reactive ketones (excluding diaryl/α,β-unsaturated/α-hetero) is 1. The number of anilines is 1. The number of rotatable bonds is 4. The Balaban J connectivity index is 1.74. The van der Waals surface area contributed by atoms with Crippen molar-refractivity contribution in [3.05, 3.63) is 65.2 Å². The third-order valence-electron chi connectivity index (χ3n) is 4.97. The highest BCUT2D eigenvalue weighted by Gasteiger charge is 2.27. The second kappa shape index (κ2) is 7.50. The summed E-state index contributed by atoms with van der Waals surface area (Å²) < 4.78 is 0. The van der Waals surface area contributed by atoms with E-state index in [9.17, 15) is 9.90 Å². The van der Waals surface area contributed by atoms with Gasteiger partial charge in [-0.25, -0.2) is 0 Å². The van der Waals surface area contributed by atoms with Gasteiger partial charge in [0.15, 0.2) is 5.78 Å². The molecule has 0 saturated carbocycles. The van der Waals surface area contributed by atoms with Crippen molar-refractivity contribution in [2.45, 2.75) is 25.9 Å². The number of carbonyl (C=O) groups excluding carboxylic acids is 1. The molecule has 0 aromatic heterocycles. The zero-order chi connectivity index (χ0) is 17.8. The Kier molecular flexibility index (Phi) is 5.16. The number of aliphatic hydroxyl groups excluding tert-OH is 1. The van der Waals surface area contributed by atoms with Crippen molar-refractivity contribution >= 4 is 11.5 Å². The molecule has 128 valence electrons. The highest BCUT2D eigenvalue weighted by atomic mass is 16.3. The predicted molar refractivity (Wildman–Crippen MR) is 97.5 cm³/mol. The number of carbonyl (C=O) groups is 1. The van der Waals surface area contributed by atoms with Gasteiger partial charge in [-0.2, -0.15) is 5.26 Å². The van der Waals surface area contributed by atoms with Gasteiger partial charge in [0.05, 0.1) is 17.7 Å². The second-order valence-corrected chi connectivity index (χ2v) is 6.58. The van der Waals surface area contributed by atoms with E-state index >= 15 is 0 Å². The third kappa shape index (κ3) is 3.72. The SMILES string of the molecule is CC(=O)c1ccc(C#N)cc1N1CCC(C(O)c2ccccc2)CC1. The molecule has 1 unspecified atom stereocenters. The molecule has 1 aliphatic heterocycles. The third-order valence-corrected chi connectivity index (χ3v) is 4.97. The zero-order valence-corrected chi connectivity index (χ0v) is 14.4. The minimum absolute atomic E-state index is 0.00549. The highest BCUT2D eigenvalue weighted by molar-refractivity contribution is 6.00. The Morgan fingerprint density at radius 2 is 1.88 bits per heavy atom. The first-order chi connectivity index (χ1) is 12.1. The van der Waals surface area contributed by atoms with E-state index in [0.717, 1.165) is 37.2 Å². The van der Waals surface area contributed by atoms with Gasteiger partial charge >= 0.3 is 0 Å². The topological polar surface area (TPSA) is 64.3 Å². The van der Waals surface area contributed by atoms with Crippen LogP contribution in [0, 0.1) is 17.2 Å². The van der Waals surface area contributed by atoms with Gasteiger partial charge in [-0.15, -0.1) is 0 Å². The van der Waals surface area contributed by atoms with Crippen LogP contribution in [0.25, 0.3) is 0 Å². The quantitative estimate of drug-likeness (QED) is 0.866. The van der Waals surface area contributed by atoms with Gasteiger partial charge < -0.3 is 10.0 Å². The van der Waals surface area contributed by atoms with Crippen LogP contribution in [0.1, 0.15) is 47.4 Å². The predicted octanol–water partition coefficient (Wildman–Crippen LogP) is 3.71. The minimum Gasteiger partial charge on any atom is -0.388 e. The van der Waals surface area contributed by atoms with Gasteiger partial charge in [0, 0.05) is 24.3 Å². The Morgan fingerprint density at radius 3 is 2.48 bits per heavy atom. The summed E-state index contributed by atoms with van der Waals surface area (Å²) in [5.74, 6) is 0.213. The smallest absolute Gasteiger partial charge is 0.161 e. The molecule has 1 atom stereocenters. The van der Waals surface area contributed by atoms with Crippen molar-refractivity contribution in [1.82, 2.24) is 0 Å². The van der Waals surface area contributed by atoms with Gasteiger partial charge in [-0.3, -0.25) is 4.79 Å². The first-order valence-corrected chi connectivity index (χ1v) is 8.63. The number of piperidine rings is 1. The fourth-order valence-corrected chi connectivity index (χ4v) is 3.54. The maximum Gasteiger partial charge on any atom is 0.161 e. The lowest BCUT2D eigenvalue weighted by atomic mass is 9.87. The molecule has 2 aromatic carbocycles. The fourth-order valence-electron chi connectivity index (χ4n) is 3.54. The van der Waals surface area contributed by atoms with Crippen LogP contribution in [-0.4, -0.2) is 24.0 Å². The maximum absolute atomic E-state index is 11.9. The summed E-state index contributed by atoms with van der Waals surface area (Å²) in [6.45, 7) is 3.09. The van der Waals surface area contributed by atoms with E-state index in [1.54, 1.807) is 25.1 Å². The van der Waals surface area contributed by atoms with Gasteiger partial charge in [0.1, 0.15) is 0 Å². The maximum atomic E-state index is 11.9. The lowest BCUT2D eigenvalue weighted by Crippen LogP contribution is -2.36. The van der Waals surface area contributed by atoms with Crippen LogP contribution in [0.5, 0.6) is 0 Å². The van der Waals surface area contributed by atoms with Gasteiger partial charge in [0.2, 0.25) is 0 Å². The van der Waals surface area contributed by atoms with E-state index in [-0.39, 0.29) is 11.7 Å². The molecule has 25 heavy (non-hydrogen) atoms. The van der Waals surface area contributed by atoms with Gasteiger partial charge in [0.25, 0.3) is 0 Å². The summed E-state index contributed by atoms with van der Waals surface area (Å²) in [5.41, 5.74) is 3.00. The monoisotopic (exact) mass is 334 g/mol. The molecule has 3 rings (SSSR count). The number of hydrogen-bond acceptors (Lipinski definition) is 4. The molecule has 1 fully saturated rings. The highest BCUT2D eigenvalue weighted by Crippen LogP contribution is 2.33. The first-order valence-electron chi connectivity index (χ1n) is 8.63. The van der Waals surface area contributed by atoms with Crippen molar-refractivity contribution in [1.29, 1.82) is 5.26 Å². The van der Waals surface area contributed by atoms with Crippen molar-refractivity contribution in [3.8, 4) is 6.07 Å². The molecule has 0 amide bonds. The van der Waals surface area contributed by atoms with E-state index in [4.69, 9.17) is 5.26 Å². The summed E-state index contributed by atoms with van der Waals surface area (Å²) in [6.07, 6.45) is 1.25. The number of benzene rings is 2. The number of ketones is 1. The number of hydrogen-bond donors (Lipinski definition) is 1. The summed E-state index contributed by atoms with van der Waals surface area (Å²) >= 11 is 0. The van der Waals surface area contributed by atoms with Crippen LogP contribution in [0.15, 0.2) is 48.5 Å². The number of nitrogens with zero attached hydrogens (tertiary/aromatic N) is 2. The Hall–Kier alpha value is -2.64. The molecule has 0 aliphatic carbocycles. The molecule has 0 bridgehead atoms. The molecular formula is C21H22N2O2. The van der Waals surface area contributed by atoms with Gasteiger partial charge in [-0.1, -0.05) is 30.3 Å². The lowest BCUT2D eigenvalue weighted by molar-refractivity contribution is 0.0927. The van der Waals surface area contributed by atoms with Crippen molar-refractivity contribution in [2.24, 2.45) is 5.92 Å². The Bertz CT molecular complexity index is 787. The molecule has 1 saturated heterocycles. The minimum atomic E-state index is -0.457. The fraction of sp³-hybridized carbons (Fsp3) is 0.333. The summed E-state index contributed by atoms with van der Waals surface area (Å²) in [5, 5.41) is 19.8. The Morgan fingerprint density at radius 1 is 1.20 bits per heavy atom. The molecule has 4 nitrogen and oxygen atoms in total. The number of aliphatic hydroxyl groups is 1. The first kappa shape index (κ1) is 17.2. The van der Waals surface area contributed by atoms with Crippen LogP contribution in [0.3, 0.4) is 0 Å². The average Bonchev–Trinajstić information content (AvgIpc) is 2.67. The normalized spacial score (nSPS) is 16.3. The average molecular weight is 334 g/mol. The van der Waals surface area contributed by atoms with Crippen molar-refractivity contribution in [2.75, 3.05) is 18.0 Å². The number of nitriles is 1. The van der Waals surface area contributed by atoms with Crippen molar-refractivity contribution < 1.29 is 9.90 Å². The van der Waals surface area contributed by atoms with E-state index in [2.05, 4.69) is 11.0 Å². The van der Waals surface area contributed by atoms with Crippen LogP contribution in [0.2, 0.25) is 0 Å². The molecule has 0 radical (unpaired) electrons. The van der Waals surface area contributed by atoms with Crippen molar-refractivity contribution in [3.63, 3.8) is 0 Å². The summed E-state index contributed by atoms with van der Waals surface area (Å²) in [7, 11) is 0.